The van der Waals surface area contributed by atoms with Crippen LogP contribution in [0.1, 0.15) is 57.7 Å². The molecule has 1 N–H and O–H groups in total. The summed E-state index contributed by atoms with van der Waals surface area (Å²) in [4.78, 5) is 18.1. The molecule has 0 bridgehead atoms. The summed E-state index contributed by atoms with van der Waals surface area (Å²) >= 11 is 1.65. The minimum atomic E-state index is 0.390. The summed E-state index contributed by atoms with van der Waals surface area (Å²) in [5, 5.41) is 4.56. The predicted octanol–water partition coefficient (Wildman–Crippen LogP) is 4.29. The molecule has 1 saturated heterocycles. The largest absolute Gasteiger partial charge is 0.477 e. The number of rotatable bonds is 5. The Morgan fingerprint density at radius 2 is 1.86 bits per heavy atom. The van der Waals surface area contributed by atoms with E-state index in [-0.39, 0.29) is 0 Å². The van der Waals surface area contributed by atoms with Gasteiger partial charge in [-0.1, -0.05) is 27.7 Å². The van der Waals surface area contributed by atoms with Crippen LogP contribution in [0.5, 0.6) is 5.88 Å². The van der Waals surface area contributed by atoms with Crippen molar-refractivity contribution in [3.8, 4) is 5.88 Å². The third-order valence-corrected chi connectivity index (χ3v) is 6.25. The van der Waals surface area contributed by atoms with Gasteiger partial charge in [-0.3, -0.25) is 0 Å². The van der Waals surface area contributed by atoms with Gasteiger partial charge < -0.3 is 15.0 Å². The second kappa shape index (κ2) is 7.79. The normalized spacial score (nSPS) is 15.3. The van der Waals surface area contributed by atoms with Crippen LogP contribution in [0.15, 0.2) is 6.07 Å². The summed E-state index contributed by atoms with van der Waals surface area (Å²) in [6.07, 6.45) is 0. The fourth-order valence-corrected chi connectivity index (χ4v) is 4.74. The van der Waals surface area contributed by atoms with Crippen LogP contribution in [0.25, 0.3) is 20.4 Å². The van der Waals surface area contributed by atoms with Crippen molar-refractivity contribution in [3.05, 3.63) is 17.3 Å². The van der Waals surface area contributed by atoms with Crippen molar-refractivity contribution >= 4 is 37.7 Å². The maximum absolute atomic E-state index is 5.95. The fourth-order valence-electron chi connectivity index (χ4n) is 3.64. The number of pyridine rings is 1. The smallest absolute Gasteiger partial charge is 0.236 e. The zero-order valence-corrected chi connectivity index (χ0v) is 18.2. The monoisotopic (exact) mass is 399 g/mol. The molecule has 1 aliphatic rings. The highest BCUT2D eigenvalue weighted by Crippen LogP contribution is 2.41. The van der Waals surface area contributed by atoms with Gasteiger partial charge in [0.15, 0.2) is 0 Å². The van der Waals surface area contributed by atoms with Gasteiger partial charge in [-0.2, -0.15) is 4.98 Å². The van der Waals surface area contributed by atoms with Crippen LogP contribution in [0.4, 0.5) is 5.95 Å². The van der Waals surface area contributed by atoms with Crippen molar-refractivity contribution in [1.82, 2.24) is 20.3 Å². The van der Waals surface area contributed by atoms with E-state index in [4.69, 9.17) is 19.7 Å². The zero-order valence-electron chi connectivity index (χ0n) is 17.4. The minimum Gasteiger partial charge on any atom is -0.477 e. The quantitative estimate of drug-likeness (QED) is 0.690. The van der Waals surface area contributed by atoms with Gasteiger partial charge in [0.1, 0.15) is 15.0 Å². The van der Waals surface area contributed by atoms with E-state index in [2.05, 4.69) is 44.0 Å². The highest BCUT2D eigenvalue weighted by molar-refractivity contribution is 7.25. The van der Waals surface area contributed by atoms with Crippen molar-refractivity contribution < 1.29 is 4.74 Å². The lowest BCUT2D eigenvalue weighted by atomic mass is 9.97. The van der Waals surface area contributed by atoms with E-state index in [9.17, 15) is 0 Å². The highest BCUT2D eigenvalue weighted by Gasteiger charge is 2.23. The summed E-state index contributed by atoms with van der Waals surface area (Å²) < 4.78 is 6.95. The van der Waals surface area contributed by atoms with Crippen LogP contribution >= 0.6 is 11.3 Å². The van der Waals surface area contributed by atoms with Crippen molar-refractivity contribution in [1.29, 1.82) is 0 Å². The zero-order chi connectivity index (χ0) is 19.8. The molecule has 1 aliphatic heterocycles. The molecule has 150 valence electrons. The van der Waals surface area contributed by atoms with Gasteiger partial charge in [0.05, 0.1) is 6.61 Å². The second-order valence-electron chi connectivity index (χ2n) is 7.90. The first-order valence-electron chi connectivity index (χ1n) is 10.2. The molecule has 0 unspecified atom stereocenters. The molecule has 0 amide bonds. The molecular weight excluding hydrogens is 370 g/mol. The molecule has 4 heterocycles. The lowest BCUT2D eigenvalue weighted by Gasteiger charge is -2.27. The van der Waals surface area contributed by atoms with Crippen molar-refractivity contribution in [2.24, 2.45) is 0 Å². The van der Waals surface area contributed by atoms with Crippen LogP contribution in [0.2, 0.25) is 0 Å². The number of hydrogen-bond donors (Lipinski definition) is 1. The number of anilines is 1. The minimum absolute atomic E-state index is 0.390. The maximum atomic E-state index is 5.95. The molecule has 0 saturated carbocycles. The molecule has 7 heteroatoms. The predicted molar refractivity (Wildman–Crippen MR) is 117 cm³/mol. The van der Waals surface area contributed by atoms with Crippen molar-refractivity contribution in [2.45, 2.75) is 46.5 Å². The SMILES string of the molecule is CCOc1nc(N2CCNCC2)nc2c1sc1nc(C(C)C)cc(C(C)C)c12. The third-order valence-electron chi connectivity index (χ3n) is 5.19. The van der Waals surface area contributed by atoms with Gasteiger partial charge in [0.2, 0.25) is 11.8 Å². The van der Waals surface area contributed by atoms with Crippen LogP contribution in [-0.2, 0) is 0 Å². The summed E-state index contributed by atoms with van der Waals surface area (Å²) in [5.74, 6) is 2.24. The molecule has 1 fully saturated rings. The lowest BCUT2D eigenvalue weighted by Crippen LogP contribution is -2.44. The number of thiophene rings is 1. The Balaban J connectivity index is 2.00. The molecule has 0 aliphatic carbocycles. The van der Waals surface area contributed by atoms with E-state index in [0.29, 0.717) is 24.3 Å². The average molecular weight is 400 g/mol. The van der Waals surface area contributed by atoms with Gasteiger partial charge in [-0.15, -0.1) is 11.3 Å². The van der Waals surface area contributed by atoms with Gasteiger partial charge in [-0.05, 0) is 30.4 Å². The van der Waals surface area contributed by atoms with Gasteiger partial charge in [0, 0.05) is 37.3 Å². The Bertz CT molecular complexity index is 992. The number of nitrogens with zero attached hydrogens (tertiary/aromatic N) is 4. The molecule has 0 aromatic carbocycles. The molecule has 4 rings (SSSR count). The van der Waals surface area contributed by atoms with Crippen molar-refractivity contribution in [2.75, 3.05) is 37.7 Å². The summed E-state index contributed by atoms with van der Waals surface area (Å²) in [7, 11) is 0. The number of aromatic nitrogens is 3. The van der Waals surface area contributed by atoms with E-state index >= 15 is 0 Å². The second-order valence-corrected chi connectivity index (χ2v) is 8.90. The van der Waals surface area contributed by atoms with E-state index in [1.165, 1.54) is 10.9 Å². The molecule has 6 nitrogen and oxygen atoms in total. The van der Waals surface area contributed by atoms with Crippen LogP contribution in [0.3, 0.4) is 0 Å². The Labute approximate surface area is 170 Å². The maximum Gasteiger partial charge on any atom is 0.236 e. The first kappa shape index (κ1) is 19.3. The molecule has 0 radical (unpaired) electrons. The number of ether oxygens (including phenoxy) is 1. The van der Waals surface area contributed by atoms with Crippen molar-refractivity contribution in [3.63, 3.8) is 0 Å². The standard InChI is InChI=1S/C21H29N5OS/c1-6-27-19-18-17(24-21(25-19)26-9-7-22-8-10-26)16-14(12(2)3)11-15(13(4)5)23-20(16)28-18/h11-13,22H,6-10H2,1-5H3. The number of piperazine rings is 1. The molecule has 0 atom stereocenters. The van der Waals surface area contributed by atoms with E-state index < -0.39 is 0 Å². The van der Waals surface area contributed by atoms with Gasteiger partial charge in [0.25, 0.3) is 0 Å². The van der Waals surface area contributed by atoms with E-state index in [1.807, 2.05) is 6.92 Å². The van der Waals surface area contributed by atoms with Crippen LogP contribution in [-0.4, -0.2) is 47.7 Å². The summed E-state index contributed by atoms with van der Waals surface area (Å²) in [5.41, 5.74) is 3.43. The van der Waals surface area contributed by atoms with E-state index in [1.54, 1.807) is 11.3 Å². The van der Waals surface area contributed by atoms with Gasteiger partial charge in [-0.25, -0.2) is 9.97 Å². The molecule has 0 spiro atoms. The Kier molecular flexibility index (Phi) is 5.38. The number of fused-ring (bicyclic) bond motifs is 3. The van der Waals surface area contributed by atoms with Gasteiger partial charge >= 0.3 is 0 Å². The topological polar surface area (TPSA) is 63.2 Å². The molecule has 3 aromatic rings. The average Bonchev–Trinajstić information content (AvgIpc) is 3.06. The Morgan fingerprint density at radius 3 is 2.50 bits per heavy atom. The first-order valence-corrected chi connectivity index (χ1v) is 11.0. The summed E-state index contributed by atoms with van der Waals surface area (Å²) in [6.45, 7) is 15.2. The Hall–Kier alpha value is -1.99. The Morgan fingerprint density at radius 1 is 1.11 bits per heavy atom. The first-order chi connectivity index (χ1) is 13.5. The summed E-state index contributed by atoms with van der Waals surface area (Å²) in [6, 6.07) is 2.26. The number of hydrogen-bond acceptors (Lipinski definition) is 7. The number of nitrogens with one attached hydrogen (secondary N) is 1. The van der Waals surface area contributed by atoms with E-state index in [0.717, 1.165) is 52.9 Å². The van der Waals surface area contributed by atoms with Crippen LogP contribution < -0.4 is 15.0 Å². The lowest BCUT2D eigenvalue weighted by molar-refractivity contribution is 0.331. The third kappa shape index (κ3) is 3.42. The molecule has 3 aromatic heterocycles. The highest BCUT2D eigenvalue weighted by atomic mass is 32.1. The fraction of sp³-hybridized carbons (Fsp3) is 0.571. The van der Waals surface area contributed by atoms with Crippen LogP contribution in [0, 0.1) is 0 Å². The molecule has 28 heavy (non-hydrogen) atoms. The molecular formula is C21H29N5OS.